The minimum atomic E-state index is -4.01. The van der Waals surface area contributed by atoms with Crippen molar-refractivity contribution in [1.82, 2.24) is 0 Å². The van der Waals surface area contributed by atoms with Gasteiger partial charge in [-0.15, -0.1) is 0 Å². The number of halogens is 2. The maximum atomic E-state index is 15.0. The van der Waals surface area contributed by atoms with Crippen LogP contribution < -0.4 is 0 Å². The zero-order valence-electron chi connectivity index (χ0n) is 12.3. The van der Waals surface area contributed by atoms with Crippen molar-refractivity contribution in [3.8, 4) is 0 Å². The van der Waals surface area contributed by atoms with Crippen molar-refractivity contribution in [2.24, 2.45) is 0 Å². The first-order chi connectivity index (χ1) is 9.21. The van der Waals surface area contributed by atoms with Gasteiger partial charge in [0.25, 0.3) is 0 Å². The van der Waals surface area contributed by atoms with Crippen LogP contribution in [0.15, 0.2) is 0 Å². The van der Waals surface area contributed by atoms with Crippen molar-refractivity contribution in [2.75, 3.05) is 0 Å². The lowest BCUT2D eigenvalue weighted by Gasteiger charge is -2.33. The van der Waals surface area contributed by atoms with E-state index in [0.29, 0.717) is 0 Å². The summed E-state index contributed by atoms with van der Waals surface area (Å²) in [6, 6.07) is 0. The molecule has 0 saturated heterocycles. The maximum absolute atomic E-state index is 15.0. The largest absolute Gasteiger partial charge is 0.430 e. The quantitative estimate of drug-likeness (QED) is 0.397. The second-order valence-electron chi connectivity index (χ2n) is 6.76. The second kappa shape index (κ2) is 7.75. The topological polar surface area (TPSA) is 0 Å². The zero-order chi connectivity index (χ0) is 13.6. The molecule has 2 rings (SSSR count). The fourth-order valence-corrected chi connectivity index (χ4v) is 7.04. The van der Waals surface area contributed by atoms with E-state index in [0.717, 1.165) is 51.4 Å². The molecule has 0 bridgehead atoms. The van der Waals surface area contributed by atoms with Crippen molar-refractivity contribution < 1.29 is 8.22 Å². The molecule has 2 saturated carbocycles. The third-order valence-corrected chi connectivity index (χ3v) is 8.63. The van der Waals surface area contributed by atoms with Crippen LogP contribution >= 0.6 is 0 Å². The van der Waals surface area contributed by atoms with Crippen LogP contribution in [0, 0.1) is 0 Å². The smallest absolute Gasteiger partial charge is 0.270 e. The van der Waals surface area contributed by atoms with Gasteiger partial charge in [-0.25, -0.2) is 0 Å². The Morgan fingerprint density at radius 3 is 1.05 bits per heavy atom. The van der Waals surface area contributed by atoms with Gasteiger partial charge in [-0.05, 0) is 25.7 Å². The van der Waals surface area contributed by atoms with Gasteiger partial charge in [0.15, 0.2) is 0 Å². The van der Waals surface area contributed by atoms with E-state index in [4.69, 9.17) is 0 Å². The van der Waals surface area contributed by atoms with E-state index in [2.05, 4.69) is 0 Å². The highest BCUT2D eigenvalue weighted by molar-refractivity contribution is 6.69. The fraction of sp³-hybridized carbons (Fsp3) is 1.00. The Morgan fingerprint density at radius 1 is 0.474 bits per heavy atom. The molecule has 0 aromatic heterocycles. The molecule has 0 aliphatic heterocycles. The van der Waals surface area contributed by atoms with Crippen molar-refractivity contribution in [2.45, 2.75) is 101 Å². The molecular weight excluding hydrogens is 258 g/mol. The van der Waals surface area contributed by atoms with E-state index in [1.54, 1.807) is 0 Å². The predicted molar refractivity (Wildman–Crippen MR) is 80.1 cm³/mol. The molecule has 0 radical (unpaired) electrons. The molecule has 0 unspecified atom stereocenters. The standard InChI is InChI=1S/C16H30F2Si/c17-19(18,15-11-7-3-1-4-8-12-15)16-13-9-5-2-6-10-14-16/h15-16H,1-14H2. The van der Waals surface area contributed by atoms with E-state index >= 15 is 0 Å². The van der Waals surface area contributed by atoms with Crippen molar-refractivity contribution in [3.63, 3.8) is 0 Å². The van der Waals surface area contributed by atoms with Crippen LogP contribution in [0.3, 0.4) is 0 Å². The Hall–Kier alpha value is 0.0769. The summed E-state index contributed by atoms with van der Waals surface area (Å²) >= 11 is 0. The number of rotatable bonds is 2. The van der Waals surface area contributed by atoms with Gasteiger partial charge in [-0.2, -0.15) is 0 Å². The summed E-state index contributed by atoms with van der Waals surface area (Å²) < 4.78 is 29.9. The number of hydrogen-bond acceptors (Lipinski definition) is 0. The average Bonchev–Trinajstić information content (AvgIpc) is 2.26. The molecule has 0 nitrogen and oxygen atoms in total. The summed E-state index contributed by atoms with van der Waals surface area (Å²) in [6.45, 7) is 0. The molecule has 2 aliphatic rings. The Bertz CT molecular complexity index is 215. The Kier molecular flexibility index (Phi) is 6.31. The lowest BCUT2D eigenvalue weighted by Crippen LogP contribution is -2.37. The van der Waals surface area contributed by atoms with E-state index in [1.807, 2.05) is 0 Å². The molecule has 0 atom stereocenters. The van der Waals surface area contributed by atoms with Crippen LogP contribution in [0.4, 0.5) is 8.22 Å². The Morgan fingerprint density at radius 2 is 0.737 bits per heavy atom. The number of hydrogen-bond donors (Lipinski definition) is 0. The van der Waals surface area contributed by atoms with Gasteiger partial charge >= 0.3 is 8.74 Å². The molecule has 2 fully saturated rings. The first-order valence-electron chi connectivity index (χ1n) is 8.59. The van der Waals surface area contributed by atoms with Crippen LogP contribution in [-0.4, -0.2) is 8.74 Å². The molecule has 3 heteroatoms. The SMILES string of the molecule is F[Si](F)(C1CCCCCCC1)C1CCCCCCC1. The maximum Gasteiger partial charge on any atom is 0.430 e. The van der Waals surface area contributed by atoms with Gasteiger partial charge in [-0.3, -0.25) is 8.22 Å². The molecular formula is C16H30F2Si. The summed E-state index contributed by atoms with van der Waals surface area (Å²) in [4.78, 5) is 0. The Balaban J connectivity index is 1.96. The van der Waals surface area contributed by atoms with Gasteiger partial charge < -0.3 is 0 Å². The normalized spacial score (nSPS) is 26.2. The lowest BCUT2D eigenvalue weighted by atomic mass is 10.00. The first kappa shape index (κ1) is 15.5. The average molecular weight is 288 g/mol. The van der Waals surface area contributed by atoms with Gasteiger partial charge in [0.2, 0.25) is 0 Å². The summed E-state index contributed by atoms with van der Waals surface area (Å²) in [7, 11) is -4.01. The third-order valence-electron chi connectivity index (χ3n) is 5.30. The van der Waals surface area contributed by atoms with Crippen molar-refractivity contribution >= 4 is 8.74 Å². The van der Waals surface area contributed by atoms with E-state index in [-0.39, 0.29) is 11.1 Å². The van der Waals surface area contributed by atoms with Crippen LogP contribution in [0.5, 0.6) is 0 Å². The van der Waals surface area contributed by atoms with E-state index < -0.39 is 8.74 Å². The van der Waals surface area contributed by atoms with Crippen LogP contribution in [0.1, 0.15) is 89.9 Å². The summed E-state index contributed by atoms with van der Waals surface area (Å²) in [5.41, 5.74) is -0.366. The zero-order valence-corrected chi connectivity index (χ0v) is 13.3. The summed E-state index contributed by atoms with van der Waals surface area (Å²) in [5.74, 6) is 0. The lowest BCUT2D eigenvalue weighted by molar-refractivity contribution is 0.393. The van der Waals surface area contributed by atoms with Gasteiger partial charge in [-0.1, -0.05) is 64.2 Å². The van der Waals surface area contributed by atoms with Gasteiger partial charge in [0.1, 0.15) is 0 Å². The minimum absolute atomic E-state index is 0.183. The van der Waals surface area contributed by atoms with Crippen LogP contribution in [0.2, 0.25) is 11.1 Å². The monoisotopic (exact) mass is 288 g/mol. The second-order valence-corrected chi connectivity index (χ2v) is 9.74. The third kappa shape index (κ3) is 4.54. The van der Waals surface area contributed by atoms with Crippen LogP contribution in [0.25, 0.3) is 0 Å². The molecule has 0 heterocycles. The molecule has 19 heavy (non-hydrogen) atoms. The highest BCUT2D eigenvalue weighted by Gasteiger charge is 2.50. The highest BCUT2D eigenvalue weighted by Crippen LogP contribution is 2.47. The summed E-state index contributed by atoms with van der Waals surface area (Å²) in [5, 5.41) is 0. The van der Waals surface area contributed by atoms with Crippen LogP contribution in [-0.2, 0) is 0 Å². The molecule has 0 aromatic carbocycles. The molecule has 0 aromatic rings. The fourth-order valence-electron chi connectivity index (χ4n) is 4.02. The van der Waals surface area contributed by atoms with Crippen molar-refractivity contribution in [1.29, 1.82) is 0 Å². The van der Waals surface area contributed by atoms with Gasteiger partial charge in [0, 0.05) is 11.1 Å². The Labute approximate surface area is 118 Å². The van der Waals surface area contributed by atoms with Crippen molar-refractivity contribution in [3.05, 3.63) is 0 Å². The molecule has 0 spiro atoms. The highest BCUT2D eigenvalue weighted by atomic mass is 28.4. The van der Waals surface area contributed by atoms with E-state index in [9.17, 15) is 8.22 Å². The molecule has 112 valence electrons. The predicted octanol–water partition coefficient (Wildman–Crippen LogP) is 6.60. The first-order valence-corrected chi connectivity index (χ1v) is 10.5. The molecule has 0 N–H and O–H groups in total. The summed E-state index contributed by atoms with van der Waals surface area (Å²) in [6.07, 6.45) is 14.8. The van der Waals surface area contributed by atoms with Gasteiger partial charge in [0.05, 0.1) is 0 Å². The minimum Gasteiger partial charge on any atom is -0.270 e. The van der Waals surface area contributed by atoms with E-state index in [1.165, 1.54) is 38.5 Å². The molecule has 2 aliphatic carbocycles. The molecule has 0 amide bonds.